The van der Waals surface area contributed by atoms with Crippen LogP contribution in [0.25, 0.3) is 0 Å². The molecule has 82 valence electrons. The molecule has 0 N–H and O–H groups in total. The quantitative estimate of drug-likeness (QED) is 0.717. The minimum Gasteiger partial charge on any atom is -0.375 e. The molecule has 0 unspecified atom stereocenters. The van der Waals surface area contributed by atoms with E-state index in [0.29, 0.717) is 6.61 Å². The lowest BCUT2D eigenvalue weighted by molar-refractivity contribution is 0.0929. The van der Waals surface area contributed by atoms with Gasteiger partial charge in [0, 0.05) is 17.8 Å². The molecule has 2 rings (SSSR count). The molecule has 0 spiro atoms. The molecule has 0 saturated heterocycles. The van der Waals surface area contributed by atoms with Gasteiger partial charge >= 0.3 is 0 Å². The van der Waals surface area contributed by atoms with E-state index in [1.165, 1.54) is 25.7 Å². The van der Waals surface area contributed by atoms with Crippen LogP contribution in [0.4, 0.5) is 0 Å². The molecule has 1 aliphatic carbocycles. The number of hydrogen-bond donors (Lipinski definition) is 0. The molecule has 0 amide bonds. The number of halogens is 1. The number of ether oxygens (including phenoxy) is 1. The van der Waals surface area contributed by atoms with Crippen molar-refractivity contribution in [2.75, 3.05) is 6.61 Å². The highest BCUT2D eigenvalue weighted by atomic mass is 35.5. The second-order valence-electron chi connectivity index (χ2n) is 4.10. The minimum atomic E-state index is 0.577. The van der Waals surface area contributed by atoms with Gasteiger partial charge in [0.25, 0.3) is 0 Å². The van der Waals surface area contributed by atoms with Crippen LogP contribution in [0.3, 0.4) is 0 Å². The monoisotopic (exact) mass is 225 g/mol. The smallest absolute Gasteiger partial charge is 0.0888 e. The summed E-state index contributed by atoms with van der Waals surface area (Å²) in [4.78, 5) is 4.18. The predicted molar refractivity (Wildman–Crippen MR) is 60.9 cm³/mol. The summed E-state index contributed by atoms with van der Waals surface area (Å²) in [6.07, 6.45) is 7.09. The number of nitrogens with zero attached hydrogens (tertiary/aromatic N) is 1. The summed E-state index contributed by atoms with van der Waals surface area (Å²) in [5, 5.41) is 0.725. The molecule has 1 heterocycles. The molecule has 0 bridgehead atoms. The summed E-state index contributed by atoms with van der Waals surface area (Å²) < 4.78 is 5.56. The van der Waals surface area contributed by atoms with Crippen LogP contribution in [0.5, 0.6) is 0 Å². The molecule has 1 saturated carbocycles. The Hall–Kier alpha value is -0.600. The van der Waals surface area contributed by atoms with Crippen LogP contribution in [0.2, 0.25) is 5.02 Å². The van der Waals surface area contributed by atoms with E-state index < -0.39 is 0 Å². The van der Waals surface area contributed by atoms with Crippen molar-refractivity contribution in [3.63, 3.8) is 0 Å². The molecule has 1 aromatic heterocycles. The number of aromatic nitrogens is 1. The molecular weight excluding hydrogens is 210 g/mol. The highest BCUT2D eigenvalue weighted by Gasteiger charge is 2.16. The van der Waals surface area contributed by atoms with Crippen molar-refractivity contribution < 1.29 is 4.74 Å². The summed E-state index contributed by atoms with van der Waals surface area (Å²) in [6, 6.07) is 3.63. The van der Waals surface area contributed by atoms with Gasteiger partial charge in [0.2, 0.25) is 0 Å². The lowest BCUT2D eigenvalue weighted by atomic mass is 9.83. The van der Waals surface area contributed by atoms with Crippen molar-refractivity contribution in [3.05, 3.63) is 29.0 Å². The number of hydrogen-bond acceptors (Lipinski definition) is 2. The maximum absolute atomic E-state index is 5.84. The Labute approximate surface area is 95.6 Å². The fourth-order valence-corrected chi connectivity index (χ4v) is 1.92. The minimum absolute atomic E-state index is 0.577. The SMILES string of the molecule is Clc1ccnc(COCCC2CCC2)c1. The third kappa shape index (κ3) is 3.47. The van der Waals surface area contributed by atoms with Gasteiger partial charge in [-0.1, -0.05) is 30.9 Å². The molecule has 1 aromatic rings. The Kier molecular flexibility index (Phi) is 3.98. The molecule has 15 heavy (non-hydrogen) atoms. The summed E-state index contributed by atoms with van der Waals surface area (Å²) in [5.74, 6) is 0.914. The molecule has 1 fully saturated rings. The van der Waals surface area contributed by atoms with Crippen LogP contribution in [-0.4, -0.2) is 11.6 Å². The van der Waals surface area contributed by atoms with Gasteiger partial charge in [-0.15, -0.1) is 0 Å². The van der Waals surface area contributed by atoms with E-state index in [0.717, 1.165) is 23.2 Å². The Morgan fingerprint density at radius 3 is 3.00 bits per heavy atom. The molecule has 0 atom stereocenters. The molecule has 0 radical (unpaired) electrons. The Morgan fingerprint density at radius 1 is 1.47 bits per heavy atom. The number of pyridine rings is 1. The first-order valence-corrected chi connectivity index (χ1v) is 5.90. The maximum Gasteiger partial charge on any atom is 0.0888 e. The normalized spacial score (nSPS) is 16.3. The van der Waals surface area contributed by atoms with Crippen molar-refractivity contribution in [1.29, 1.82) is 0 Å². The molecule has 1 aliphatic rings. The van der Waals surface area contributed by atoms with Crippen LogP contribution in [0.15, 0.2) is 18.3 Å². The van der Waals surface area contributed by atoms with Gasteiger partial charge in [0.15, 0.2) is 0 Å². The van der Waals surface area contributed by atoms with Gasteiger partial charge in [-0.2, -0.15) is 0 Å². The van der Waals surface area contributed by atoms with Crippen LogP contribution < -0.4 is 0 Å². The van der Waals surface area contributed by atoms with Crippen molar-refractivity contribution in [2.45, 2.75) is 32.3 Å². The van der Waals surface area contributed by atoms with Gasteiger partial charge in [-0.3, -0.25) is 4.98 Å². The van der Waals surface area contributed by atoms with E-state index in [1.807, 2.05) is 6.07 Å². The second-order valence-corrected chi connectivity index (χ2v) is 4.54. The summed E-state index contributed by atoms with van der Waals surface area (Å²) in [5.41, 5.74) is 0.913. The van der Waals surface area contributed by atoms with Crippen molar-refractivity contribution in [2.24, 2.45) is 5.92 Å². The van der Waals surface area contributed by atoms with Gasteiger partial charge in [-0.05, 0) is 24.5 Å². The molecular formula is C12H16ClNO. The molecule has 2 nitrogen and oxygen atoms in total. The van der Waals surface area contributed by atoms with Crippen LogP contribution in [-0.2, 0) is 11.3 Å². The highest BCUT2D eigenvalue weighted by molar-refractivity contribution is 6.30. The Morgan fingerprint density at radius 2 is 2.33 bits per heavy atom. The fraction of sp³-hybridized carbons (Fsp3) is 0.583. The lowest BCUT2D eigenvalue weighted by Crippen LogP contribution is -2.13. The predicted octanol–water partition coefficient (Wildman–Crippen LogP) is 3.44. The zero-order valence-electron chi connectivity index (χ0n) is 8.79. The largest absolute Gasteiger partial charge is 0.375 e. The van der Waals surface area contributed by atoms with Gasteiger partial charge in [0.05, 0.1) is 12.3 Å². The number of rotatable bonds is 5. The van der Waals surface area contributed by atoms with E-state index in [4.69, 9.17) is 16.3 Å². The second kappa shape index (κ2) is 5.47. The van der Waals surface area contributed by atoms with E-state index in [-0.39, 0.29) is 0 Å². The summed E-state index contributed by atoms with van der Waals surface area (Å²) >= 11 is 5.84. The highest BCUT2D eigenvalue weighted by Crippen LogP contribution is 2.29. The van der Waals surface area contributed by atoms with Gasteiger partial charge in [-0.25, -0.2) is 0 Å². The molecule has 0 aromatic carbocycles. The summed E-state index contributed by atoms with van der Waals surface area (Å²) in [7, 11) is 0. The first-order chi connectivity index (χ1) is 7.34. The Balaban J connectivity index is 1.64. The van der Waals surface area contributed by atoms with Crippen molar-refractivity contribution in [3.8, 4) is 0 Å². The van der Waals surface area contributed by atoms with E-state index in [1.54, 1.807) is 12.3 Å². The standard InChI is InChI=1S/C12H16ClNO/c13-11-4-6-14-12(8-11)9-15-7-5-10-2-1-3-10/h4,6,8,10H,1-3,5,7,9H2. The van der Waals surface area contributed by atoms with E-state index >= 15 is 0 Å². The van der Waals surface area contributed by atoms with Crippen molar-refractivity contribution >= 4 is 11.6 Å². The van der Waals surface area contributed by atoms with Gasteiger partial charge in [0.1, 0.15) is 0 Å². The first kappa shape index (κ1) is 10.9. The van der Waals surface area contributed by atoms with Crippen molar-refractivity contribution in [1.82, 2.24) is 4.98 Å². The maximum atomic E-state index is 5.84. The first-order valence-electron chi connectivity index (χ1n) is 5.53. The molecule has 3 heteroatoms. The zero-order chi connectivity index (χ0) is 10.5. The van der Waals surface area contributed by atoms with Crippen LogP contribution >= 0.6 is 11.6 Å². The average molecular weight is 226 g/mol. The van der Waals surface area contributed by atoms with Crippen LogP contribution in [0.1, 0.15) is 31.4 Å². The average Bonchev–Trinajstić information content (AvgIpc) is 2.15. The van der Waals surface area contributed by atoms with Gasteiger partial charge < -0.3 is 4.74 Å². The fourth-order valence-electron chi connectivity index (χ4n) is 1.74. The van der Waals surface area contributed by atoms with E-state index in [2.05, 4.69) is 4.98 Å². The van der Waals surface area contributed by atoms with Crippen LogP contribution in [0, 0.1) is 5.92 Å². The topological polar surface area (TPSA) is 22.1 Å². The third-order valence-corrected chi connectivity index (χ3v) is 3.16. The Bertz CT molecular complexity index is 312. The molecule has 0 aliphatic heterocycles. The van der Waals surface area contributed by atoms with E-state index in [9.17, 15) is 0 Å². The lowest BCUT2D eigenvalue weighted by Gasteiger charge is -2.24. The summed E-state index contributed by atoms with van der Waals surface area (Å²) in [6.45, 7) is 1.42. The zero-order valence-corrected chi connectivity index (χ0v) is 9.54. The third-order valence-electron chi connectivity index (χ3n) is 2.92.